The summed E-state index contributed by atoms with van der Waals surface area (Å²) in [6.45, 7) is 1.94. The fourth-order valence-corrected chi connectivity index (χ4v) is 4.39. The van der Waals surface area contributed by atoms with E-state index in [1.54, 1.807) is 12.1 Å². The van der Waals surface area contributed by atoms with Gasteiger partial charge in [-0.15, -0.1) is 11.3 Å². The maximum Gasteiger partial charge on any atom is 0.237 e. The number of benzene rings is 1. The molecular weight excluding hydrogens is 416 g/mol. The van der Waals surface area contributed by atoms with Crippen molar-refractivity contribution in [3.05, 3.63) is 53.2 Å². The number of aryl methyl sites for hydroxylation is 1. The second kappa shape index (κ2) is 8.81. The predicted octanol–water partition coefficient (Wildman–Crippen LogP) is 3.45. The van der Waals surface area contributed by atoms with Crippen molar-refractivity contribution in [2.75, 3.05) is 5.32 Å². The molecule has 0 radical (unpaired) electrons. The zero-order valence-corrected chi connectivity index (χ0v) is 17.8. The Morgan fingerprint density at radius 1 is 1.26 bits per heavy atom. The number of thiophene rings is 1. The zero-order valence-electron chi connectivity index (χ0n) is 17.0. The number of hydrogen-bond acceptors (Lipinski definition) is 7. The first kappa shape index (κ1) is 20.9. The first-order valence-electron chi connectivity index (χ1n) is 10.1. The molecule has 3 aromatic rings. The zero-order chi connectivity index (χ0) is 21.8. The van der Waals surface area contributed by atoms with Gasteiger partial charge < -0.3 is 9.84 Å². The van der Waals surface area contributed by atoms with E-state index in [9.17, 15) is 14.4 Å². The van der Waals surface area contributed by atoms with E-state index in [0.29, 0.717) is 43.1 Å². The molecule has 1 aliphatic rings. The van der Waals surface area contributed by atoms with Crippen LogP contribution in [0.1, 0.15) is 44.1 Å². The molecule has 1 fully saturated rings. The van der Waals surface area contributed by atoms with Gasteiger partial charge in [0.15, 0.2) is 0 Å². The normalized spacial score (nSPS) is 18.6. The second-order valence-electron chi connectivity index (χ2n) is 7.43. The summed E-state index contributed by atoms with van der Waals surface area (Å²) >= 11 is 1.52. The summed E-state index contributed by atoms with van der Waals surface area (Å²) in [5, 5.41) is 11.2. The van der Waals surface area contributed by atoms with Crippen LogP contribution >= 0.6 is 11.3 Å². The van der Waals surface area contributed by atoms with Gasteiger partial charge in [-0.1, -0.05) is 30.3 Å². The molecule has 1 saturated heterocycles. The minimum absolute atomic E-state index is 0.171. The van der Waals surface area contributed by atoms with Crippen molar-refractivity contribution < 1.29 is 18.9 Å². The number of hydrogen-bond donors (Lipinski definition) is 2. The molecule has 0 saturated carbocycles. The molecule has 31 heavy (non-hydrogen) atoms. The number of aromatic nitrogens is 2. The summed E-state index contributed by atoms with van der Waals surface area (Å²) < 4.78 is 5.22. The van der Waals surface area contributed by atoms with Gasteiger partial charge in [0, 0.05) is 24.9 Å². The largest absolute Gasteiger partial charge is 0.339 e. The van der Waals surface area contributed by atoms with Gasteiger partial charge in [-0.2, -0.15) is 4.98 Å². The summed E-state index contributed by atoms with van der Waals surface area (Å²) in [6.07, 6.45) is 1.95. The van der Waals surface area contributed by atoms with Gasteiger partial charge in [0.25, 0.3) is 0 Å². The Morgan fingerprint density at radius 2 is 2.06 bits per heavy atom. The molecule has 2 aromatic heterocycles. The molecular formula is C22H22N4O4S. The van der Waals surface area contributed by atoms with E-state index >= 15 is 0 Å². The molecule has 9 heteroatoms. The Morgan fingerprint density at radius 3 is 2.74 bits per heavy atom. The van der Waals surface area contributed by atoms with Gasteiger partial charge in [0.1, 0.15) is 0 Å². The third-order valence-electron chi connectivity index (χ3n) is 5.57. The third kappa shape index (κ3) is 4.41. The third-order valence-corrected chi connectivity index (χ3v) is 6.43. The highest BCUT2D eigenvalue weighted by molar-refractivity contribution is 7.13. The molecule has 0 spiro atoms. The maximum absolute atomic E-state index is 12.5. The number of rotatable bonds is 7. The Bertz CT molecular complexity index is 1090. The molecule has 1 aromatic carbocycles. The van der Waals surface area contributed by atoms with Gasteiger partial charge in [0.05, 0.1) is 10.3 Å². The number of nitrogens with one attached hydrogen (secondary N) is 2. The monoisotopic (exact) mass is 438 g/mol. The highest BCUT2D eigenvalue weighted by Gasteiger charge is 2.42. The topological polar surface area (TPSA) is 114 Å². The molecule has 0 bridgehead atoms. The van der Waals surface area contributed by atoms with Gasteiger partial charge >= 0.3 is 0 Å². The molecule has 3 heterocycles. The van der Waals surface area contributed by atoms with E-state index in [2.05, 4.69) is 20.8 Å². The fraction of sp³-hybridized carbons (Fsp3) is 0.318. The van der Waals surface area contributed by atoms with E-state index < -0.39 is 5.41 Å². The van der Waals surface area contributed by atoms with Gasteiger partial charge in [-0.05, 0) is 42.0 Å². The van der Waals surface area contributed by atoms with E-state index in [0.717, 1.165) is 10.4 Å². The van der Waals surface area contributed by atoms with Gasteiger partial charge in [-0.25, -0.2) is 0 Å². The summed E-state index contributed by atoms with van der Waals surface area (Å²) in [5.41, 5.74) is 0.761. The van der Waals surface area contributed by atoms with Crippen LogP contribution in [0.5, 0.6) is 0 Å². The molecule has 3 amide bonds. The van der Waals surface area contributed by atoms with Crippen LogP contribution in [0.3, 0.4) is 0 Å². The van der Waals surface area contributed by atoms with Crippen LogP contribution in [-0.2, 0) is 26.2 Å². The highest BCUT2D eigenvalue weighted by atomic mass is 32.1. The first-order valence-corrected chi connectivity index (χ1v) is 11.0. The lowest BCUT2D eigenvalue weighted by molar-refractivity contribution is -0.138. The van der Waals surface area contributed by atoms with Crippen LogP contribution in [0.4, 0.5) is 5.69 Å². The lowest BCUT2D eigenvalue weighted by Gasteiger charge is -2.35. The summed E-state index contributed by atoms with van der Waals surface area (Å²) in [4.78, 5) is 41.6. The Kier molecular flexibility index (Phi) is 5.94. The minimum atomic E-state index is -0.714. The van der Waals surface area contributed by atoms with Crippen molar-refractivity contribution in [2.45, 2.75) is 44.4 Å². The van der Waals surface area contributed by atoms with Crippen LogP contribution in [0.25, 0.3) is 10.7 Å². The van der Waals surface area contributed by atoms with E-state index in [1.165, 1.54) is 11.3 Å². The molecule has 4 rings (SSSR count). The van der Waals surface area contributed by atoms with Crippen molar-refractivity contribution >= 4 is 34.7 Å². The Balaban J connectivity index is 1.35. The highest BCUT2D eigenvalue weighted by Crippen LogP contribution is 2.36. The smallest absolute Gasteiger partial charge is 0.237 e. The molecule has 1 unspecified atom stereocenters. The molecule has 1 aliphatic heterocycles. The van der Waals surface area contributed by atoms with Crippen LogP contribution in [0, 0.1) is 0 Å². The number of anilines is 1. The number of amides is 3. The summed E-state index contributed by atoms with van der Waals surface area (Å²) in [7, 11) is 0. The number of piperidine rings is 1. The number of imide groups is 1. The molecule has 2 N–H and O–H groups in total. The van der Waals surface area contributed by atoms with E-state index in [-0.39, 0.29) is 24.1 Å². The average molecular weight is 439 g/mol. The van der Waals surface area contributed by atoms with Crippen LogP contribution < -0.4 is 10.6 Å². The van der Waals surface area contributed by atoms with Crippen LogP contribution in [0.15, 0.2) is 46.3 Å². The van der Waals surface area contributed by atoms with Crippen molar-refractivity contribution in [2.24, 2.45) is 0 Å². The molecule has 8 nitrogen and oxygen atoms in total. The quantitative estimate of drug-likeness (QED) is 0.546. The summed E-state index contributed by atoms with van der Waals surface area (Å²) in [5.74, 6) is 0.275. The number of nitrogens with zero attached hydrogens (tertiary/aromatic N) is 2. The van der Waals surface area contributed by atoms with Crippen molar-refractivity contribution in [1.82, 2.24) is 15.5 Å². The Hall–Kier alpha value is -3.33. The average Bonchev–Trinajstić information content (AvgIpc) is 3.45. The predicted molar refractivity (Wildman–Crippen MR) is 115 cm³/mol. The first-order chi connectivity index (χ1) is 15.0. The minimum Gasteiger partial charge on any atom is -0.339 e. The van der Waals surface area contributed by atoms with Crippen LogP contribution in [-0.4, -0.2) is 27.9 Å². The van der Waals surface area contributed by atoms with E-state index in [4.69, 9.17) is 4.52 Å². The van der Waals surface area contributed by atoms with Gasteiger partial charge in [0.2, 0.25) is 29.4 Å². The van der Waals surface area contributed by atoms with Crippen LogP contribution in [0.2, 0.25) is 0 Å². The van der Waals surface area contributed by atoms with E-state index in [1.807, 2.05) is 36.6 Å². The number of carbonyl (C=O) groups excluding carboxylic acids is 3. The van der Waals surface area contributed by atoms with Crippen molar-refractivity contribution in [3.8, 4) is 10.7 Å². The van der Waals surface area contributed by atoms with Crippen molar-refractivity contribution in [1.29, 1.82) is 0 Å². The summed E-state index contributed by atoms with van der Waals surface area (Å²) in [6, 6.07) is 11.0. The molecule has 0 aliphatic carbocycles. The molecule has 1 atom stereocenters. The van der Waals surface area contributed by atoms with Crippen molar-refractivity contribution in [3.63, 3.8) is 0 Å². The lowest BCUT2D eigenvalue weighted by atomic mass is 9.72. The fourth-order valence-electron chi connectivity index (χ4n) is 3.74. The van der Waals surface area contributed by atoms with Gasteiger partial charge in [-0.3, -0.25) is 19.7 Å². The number of carbonyl (C=O) groups is 3. The lowest BCUT2D eigenvalue weighted by Crippen LogP contribution is -2.51. The SMILES string of the molecule is CCC1(c2ccc(NC(=O)CCc3nc(-c4cccs4)no3)cc2)CCC(=O)NC1=O. The maximum atomic E-state index is 12.5. The Labute approximate surface area is 183 Å². The standard InChI is InChI=1S/C22H22N4O4S/c1-2-22(12-11-18(28)24-21(22)29)14-5-7-15(8-6-14)23-17(27)9-10-19-25-20(26-30-19)16-4-3-13-31-16/h3-8,13H,2,9-12H2,1H3,(H,23,27)(H,24,28,29). The molecule has 160 valence electrons. The second-order valence-corrected chi connectivity index (χ2v) is 8.38.